The molecule has 1 rings (SSSR count). The molecule has 0 fully saturated rings. The number of halogens is 1. The molecule has 3 nitrogen and oxygen atoms in total. The van der Waals surface area contributed by atoms with E-state index in [1.807, 2.05) is 19.1 Å². The van der Waals surface area contributed by atoms with Crippen LogP contribution in [0.3, 0.4) is 0 Å². The summed E-state index contributed by atoms with van der Waals surface area (Å²) in [7, 11) is -3.17. The second-order valence-electron chi connectivity index (χ2n) is 3.28. The van der Waals surface area contributed by atoms with Gasteiger partial charge < -0.3 is 0 Å². The number of rotatable bonds is 5. The lowest BCUT2D eigenvalue weighted by molar-refractivity contribution is 0.580. The third kappa shape index (κ3) is 4.77. The van der Waals surface area contributed by atoms with Gasteiger partial charge in [-0.15, -0.1) is 0 Å². The zero-order valence-corrected chi connectivity index (χ0v) is 10.9. The van der Waals surface area contributed by atoms with Crippen molar-refractivity contribution in [2.24, 2.45) is 0 Å². The highest BCUT2D eigenvalue weighted by Gasteiger charge is 2.09. The summed E-state index contributed by atoms with van der Waals surface area (Å²) < 4.78 is 26.5. The van der Waals surface area contributed by atoms with Crippen molar-refractivity contribution in [3.05, 3.63) is 34.3 Å². The summed E-state index contributed by atoms with van der Waals surface area (Å²) >= 11 is 3.30. The maximum Gasteiger partial charge on any atom is 0.215 e. The summed E-state index contributed by atoms with van der Waals surface area (Å²) in [5.74, 6) is 0.0419. The van der Waals surface area contributed by atoms with Gasteiger partial charge in [0.1, 0.15) is 0 Å². The summed E-state index contributed by atoms with van der Waals surface area (Å²) in [5, 5.41) is 0. The van der Waals surface area contributed by atoms with Gasteiger partial charge >= 0.3 is 0 Å². The van der Waals surface area contributed by atoms with E-state index in [4.69, 9.17) is 0 Å². The summed E-state index contributed by atoms with van der Waals surface area (Å²) in [6.07, 6.45) is 0.805. The first-order valence-electron chi connectivity index (χ1n) is 4.75. The van der Waals surface area contributed by atoms with Gasteiger partial charge in [-0.25, -0.2) is 13.1 Å². The molecule has 0 atom stereocenters. The molecule has 5 heteroatoms. The van der Waals surface area contributed by atoms with E-state index in [1.165, 1.54) is 0 Å². The van der Waals surface area contributed by atoms with Crippen LogP contribution >= 0.6 is 15.9 Å². The fourth-order valence-electron chi connectivity index (χ4n) is 1.11. The Hall–Kier alpha value is -0.390. The van der Waals surface area contributed by atoms with E-state index in [0.717, 1.165) is 16.5 Å². The van der Waals surface area contributed by atoms with Crippen LogP contribution in [0.2, 0.25) is 0 Å². The van der Waals surface area contributed by atoms with E-state index in [9.17, 15) is 8.42 Å². The van der Waals surface area contributed by atoms with Gasteiger partial charge in [0.05, 0.1) is 5.75 Å². The fraction of sp³-hybridized carbons (Fsp3) is 0.400. The summed E-state index contributed by atoms with van der Waals surface area (Å²) in [6.45, 7) is 2.43. The fourth-order valence-corrected chi connectivity index (χ4v) is 2.62. The molecule has 0 aliphatic carbocycles. The average Bonchev–Trinajstić information content (AvgIpc) is 2.18. The van der Waals surface area contributed by atoms with Crippen molar-refractivity contribution in [2.75, 3.05) is 6.54 Å². The molecule has 0 aliphatic rings. The normalized spacial score (nSPS) is 11.6. The van der Waals surface area contributed by atoms with Crippen molar-refractivity contribution >= 4 is 26.0 Å². The lowest BCUT2D eigenvalue weighted by atomic mass is 10.2. The molecule has 15 heavy (non-hydrogen) atoms. The Balaban J connectivity index is 2.65. The highest BCUT2D eigenvalue weighted by molar-refractivity contribution is 9.10. The van der Waals surface area contributed by atoms with Crippen molar-refractivity contribution in [1.82, 2.24) is 4.72 Å². The SMILES string of the molecule is CCCNS(=O)(=O)Cc1ccc(Br)cc1. The van der Waals surface area contributed by atoms with Crippen molar-refractivity contribution in [3.8, 4) is 0 Å². The van der Waals surface area contributed by atoms with Crippen LogP contribution in [0.15, 0.2) is 28.7 Å². The Morgan fingerprint density at radius 2 is 1.87 bits per heavy atom. The molecule has 1 aromatic carbocycles. The van der Waals surface area contributed by atoms with Gasteiger partial charge in [0, 0.05) is 11.0 Å². The van der Waals surface area contributed by atoms with E-state index >= 15 is 0 Å². The van der Waals surface area contributed by atoms with Crippen LogP contribution in [0.5, 0.6) is 0 Å². The molecule has 84 valence electrons. The molecule has 0 amide bonds. The standard InChI is InChI=1S/C10H14BrNO2S/c1-2-7-12-15(13,14)8-9-3-5-10(11)6-4-9/h3-6,12H,2,7-8H2,1H3. The molecule has 0 saturated heterocycles. The largest absolute Gasteiger partial charge is 0.215 e. The van der Waals surface area contributed by atoms with Crippen LogP contribution in [0.25, 0.3) is 0 Å². The second-order valence-corrected chi connectivity index (χ2v) is 6.00. The van der Waals surface area contributed by atoms with Gasteiger partial charge in [-0.3, -0.25) is 0 Å². The lowest BCUT2D eigenvalue weighted by Gasteiger charge is -2.05. The van der Waals surface area contributed by atoms with E-state index in [2.05, 4.69) is 20.7 Å². The molecule has 0 heterocycles. The Bertz CT molecular complexity index is 400. The number of sulfonamides is 1. The molecule has 0 bridgehead atoms. The predicted molar refractivity (Wildman–Crippen MR) is 65.1 cm³/mol. The number of hydrogen-bond donors (Lipinski definition) is 1. The van der Waals surface area contributed by atoms with Crippen LogP contribution in [-0.2, 0) is 15.8 Å². The molecule has 0 radical (unpaired) electrons. The first kappa shape index (κ1) is 12.7. The van der Waals surface area contributed by atoms with Gasteiger partial charge in [-0.05, 0) is 24.1 Å². The first-order valence-corrected chi connectivity index (χ1v) is 7.20. The summed E-state index contributed by atoms with van der Waals surface area (Å²) in [6, 6.07) is 7.28. The van der Waals surface area contributed by atoms with Gasteiger partial charge in [0.15, 0.2) is 0 Å². The molecule has 0 aromatic heterocycles. The molecule has 0 spiro atoms. The molecule has 0 saturated carbocycles. The third-order valence-corrected chi connectivity index (χ3v) is 3.73. The van der Waals surface area contributed by atoms with Crippen molar-refractivity contribution in [1.29, 1.82) is 0 Å². The van der Waals surface area contributed by atoms with Crippen molar-refractivity contribution in [3.63, 3.8) is 0 Å². The van der Waals surface area contributed by atoms with Gasteiger partial charge in [-0.1, -0.05) is 35.0 Å². The molecular weight excluding hydrogens is 278 g/mol. The Morgan fingerprint density at radius 1 is 1.27 bits per heavy atom. The zero-order chi connectivity index (χ0) is 11.3. The van der Waals surface area contributed by atoms with Gasteiger partial charge in [0.25, 0.3) is 0 Å². The average molecular weight is 292 g/mol. The molecule has 0 unspecified atom stereocenters. The van der Waals surface area contributed by atoms with Gasteiger partial charge in [-0.2, -0.15) is 0 Å². The molecule has 1 aromatic rings. The number of hydrogen-bond acceptors (Lipinski definition) is 2. The summed E-state index contributed by atoms with van der Waals surface area (Å²) in [5.41, 5.74) is 0.793. The maximum absolute atomic E-state index is 11.5. The van der Waals surface area contributed by atoms with E-state index < -0.39 is 10.0 Å². The predicted octanol–water partition coefficient (Wildman–Crippen LogP) is 2.28. The Morgan fingerprint density at radius 3 is 2.40 bits per heavy atom. The van der Waals surface area contributed by atoms with E-state index in [1.54, 1.807) is 12.1 Å². The minimum Gasteiger partial charge on any atom is -0.215 e. The van der Waals surface area contributed by atoms with E-state index in [0.29, 0.717) is 6.54 Å². The number of nitrogens with one attached hydrogen (secondary N) is 1. The van der Waals surface area contributed by atoms with Crippen molar-refractivity contribution < 1.29 is 8.42 Å². The van der Waals surface area contributed by atoms with Crippen LogP contribution in [-0.4, -0.2) is 15.0 Å². The highest BCUT2D eigenvalue weighted by atomic mass is 79.9. The van der Waals surface area contributed by atoms with Crippen molar-refractivity contribution in [2.45, 2.75) is 19.1 Å². The first-order chi connectivity index (χ1) is 7.03. The quantitative estimate of drug-likeness (QED) is 0.905. The Kier molecular flexibility index (Phi) is 4.76. The smallest absolute Gasteiger partial charge is 0.215 e. The molecule has 0 aliphatic heterocycles. The monoisotopic (exact) mass is 291 g/mol. The van der Waals surface area contributed by atoms with Crippen LogP contribution in [0.4, 0.5) is 0 Å². The zero-order valence-electron chi connectivity index (χ0n) is 8.53. The number of benzene rings is 1. The molecule has 1 N–H and O–H groups in total. The highest BCUT2D eigenvalue weighted by Crippen LogP contribution is 2.12. The van der Waals surface area contributed by atoms with Crippen LogP contribution in [0.1, 0.15) is 18.9 Å². The third-order valence-electron chi connectivity index (χ3n) is 1.84. The Labute approximate surface area is 99.1 Å². The van der Waals surface area contributed by atoms with Crippen LogP contribution in [0, 0.1) is 0 Å². The van der Waals surface area contributed by atoms with E-state index in [-0.39, 0.29) is 5.75 Å². The minimum atomic E-state index is -3.17. The maximum atomic E-state index is 11.5. The van der Waals surface area contributed by atoms with Gasteiger partial charge in [0.2, 0.25) is 10.0 Å². The topological polar surface area (TPSA) is 46.2 Å². The minimum absolute atomic E-state index is 0.0419. The lowest BCUT2D eigenvalue weighted by Crippen LogP contribution is -2.25. The molecular formula is C10H14BrNO2S. The second kappa shape index (κ2) is 5.63. The summed E-state index contributed by atoms with van der Waals surface area (Å²) in [4.78, 5) is 0. The van der Waals surface area contributed by atoms with Crippen LogP contribution < -0.4 is 4.72 Å².